The van der Waals surface area contributed by atoms with Gasteiger partial charge in [0.05, 0.1) is 39.4 Å². The third kappa shape index (κ3) is 2.82. The van der Waals surface area contributed by atoms with Crippen LogP contribution < -0.4 is 0 Å². The van der Waals surface area contributed by atoms with E-state index in [1.165, 1.54) is 0 Å². The summed E-state index contributed by atoms with van der Waals surface area (Å²) in [6.45, 7) is 0. The molecule has 0 saturated carbocycles. The molecule has 7 aromatic rings. The molecule has 0 spiro atoms. The molecule has 0 amide bonds. The third-order valence-electron chi connectivity index (χ3n) is 5.97. The molecule has 7 rings (SSSR count). The van der Waals surface area contributed by atoms with Crippen molar-refractivity contribution in [1.82, 2.24) is 24.5 Å². The SMILES string of the molecule is c1ccc(-c2cc(-n3c4cccnc4c4c5ccccc5oc43)cc(-c3ccccn3)n2)nc1. The van der Waals surface area contributed by atoms with E-state index in [4.69, 9.17) is 14.4 Å². The molecule has 0 N–H and O–H groups in total. The minimum atomic E-state index is 0.750. The fourth-order valence-electron chi connectivity index (χ4n) is 4.49. The van der Waals surface area contributed by atoms with Gasteiger partial charge in [-0.1, -0.05) is 30.3 Å². The van der Waals surface area contributed by atoms with Crippen molar-refractivity contribution in [1.29, 1.82) is 0 Å². The number of aromatic nitrogens is 5. The molecule has 6 nitrogen and oxygen atoms in total. The molecule has 0 bridgehead atoms. The Morgan fingerprint density at radius 3 is 2.00 bits per heavy atom. The average molecular weight is 439 g/mol. The zero-order chi connectivity index (χ0) is 22.5. The zero-order valence-corrected chi connectivity index (χ0v) is 18.0. The average Bonchev–Trinajstić information content (AvgIpc) is 3.44. The molecule has 34 heavy (non-hydrogen) atoms. The van der Waals surface area contributed by atoms with Crippen LogP contribution in [0.3, 0.4) is 0 Å². The second kappa shape index (κ2) is 7.35. The maximum absolute atomic E-state index is 6.39. The Hall–Kier alpha value is -4.84. The zero-order valence-electron chi connectivity index (χ0n) is 18.0. The molecule has 0 fully saturated rings. The molecular formula is C28H17N5O. The molecule has 0 aliphatic rings. The Bertz CT molecular complexity index is 1750. The standard InChI is InChI=1S/C28H17N5O/c1-2-12-25-19(8-1)26-27-24(11-7-15-31-27)33(28(26)34-25)18-16-22(20-9-3-5-13-29-20)32-23(17-18)21-10-4-6-14-30-21/h1-17H. The van der Waals surface area contributed by atoms with Gasteiger partial charge in [0.15, 0.2) is 0 Å². The van der Waals surface area contributed by atoms with Crippen LogP contribution in [0.5, 0.6) is 0 Å². The number of para-hydroxylation sites is 1. The maximum atomic E-state index is 6.39. The van der Waals surface area contributed by atoms with Crippen LogP contribution in [-0.4, -0.2) is 24.5 Å². The van der Waals surface area contributed by atoms with Gasteiger partial charge in [0.25, 0.3) is 0 Å². The molecule has 0 unspecified atom stereocenters. The summed E-state index contributed by atoms with van der Waals surface area (Å²) in [4.78, 5) is 18.7. The van der Waals surface area contributed by atoms with Crippen LogP contribution in [0.25, 0.3) is 61.6 Å². The van der Waals surface area contributed by atoms with Gasteiger partial charge < -0.3 is 4.42 Å². The van der Waals surface area contributed by atoms with Gasteiger partial charge in [-0.15, -0.1) is 0 Å². The lowest BCUT2D eigenvalue weighted by molar-refractivity contribution is 0.645. The first kappa shape index (κ1) is 18.7. The van der Waals surface area contributed by atoms with Crippen LogP contribution in [0.15, 0.2) is 108 Å². The van der Waals surface area contributed by atoms with Crippen LogP contribution >= 0.6 is 0 Å². The van der Waals surface area contributed by atoms with E-state index < -0.39 is 0 Å². The lowest BCUT2D eigenvalue weighted by Crippen LogP contribution is -1.99. The van der Waals surface area contributed by atoms with Crippen molar-refractivity contribution in [2.75, 3.05) is 0 Å². The maximum Gasteiger partial charge on any atom is 0.215 e. The first-order valence-electron chi connectivity index (χ1n) is 11.0. The van der Waals surface area contributed by atoms with Gasteiger partial charge >= 0.3 is 0 Å². The fraction of sp³-hybridized carbons (Fsp3) is 0. The van der Waals surface area contributed by atoms with Gasteiger partial charge in [-0.3, -0.25) is 19.5 Å². The van der Waals surface area contributed by atoms with Gasteiger partial charge in [0.1, 0.15) is 11.1 Å². The van der Waals surface area contributed by atoms with Crippen molar-refractivity contribution >= 4 is 33.1 Å². The van der Waals surface area contributed by atoms with E-state index in [0.717, 1.165) is 61.6 Å². The van der Waals surface area contributed by atoms with Crippen LogP contribution in [0.2, 0.25) is 0 Å². The van der Waals surface area contributed by atoms with Crippen molar-refractivity contribution in [3.63, 3.8) is 0 Å². The molecule has 0 aliphatic carbocycles. The highest BCUT2D eigenvalue weighted by molar-refractivity contribution is 6.18. The largest absolute Gasteiger partial charge is 0.439 e. The van der Waals surface area contributed by atoms with Crippen LogP contribution in [0.1, 0.15) is 0 Å². The van der Waals surface area contributed by atoms with E-state index in [2.05, 4.69) is 26.7 Å². The molecule has 0 saturated heterocycles. The smallest absolute Gasteiger partial charge is 0.215 e. The number of rotatable bonds is 3. The number of hydrogen-bond donors (Lipinski definition) is 0. The van der Waals surface area contributed by atoms with Gasteiger partial charge in [0, 0.05) is 24.0 Å². The monoisotopic (exact) mass is 439 g/mol. The molecule has 160 valence electrons. The summed E-state index contributed by atoms with van der Waals surface area (Å²) in [6, 6.07) is 27.8. The van der Waals surface area contributed by atoms with Gasteiger partial charge in [-0.25, -0.2) is 4.98 Å². The fourth-order valence-corrected chi connectivity index (χ4v) is 4.49. The number of hydrogen-bond acceptors (Lipinski definition) is 5. The summed E-state index contributed by atoms with van der Waals surface area (Å²) in [7, 11) is 0. The molecule has 0 atom stereocenters. The summed E-state index contributed by atoms with van der Waals surface area (Å²) in [6.07, 6.45) is 5.37. The van der Waals surface area contributed by atoms with Gasteiger partial charge in [-0.2, -0.15) is 0 Å². The van der Waals surface area contributed by atoms with E-state index in [1.807, 2.05) is 79.0 Å². The van der Waals surface area contributed by atoms with Gasteiger partial charge in [-0.05, 0) is 54.6 Å². The molecule has 1 aromatic carbocycles. The first-order chi connectivity index (χ1) is 16.9. The van der Waals surface area contributed by atoms with E-state index in [1.54, 1.807) is 12.4 Å². The van der Waals surface area contributed by atoms with E-state index >= 15 is 0 Å². The van der Waals surface area contributed by atoms with Crippen LogP contribution in [-0.2, 0) is 0 Å². The third-order valence-corrected chi connectivity index (χ3v) is 5.97. The Morgan fingerprint density at radius 2 is 1.29 bits per heavy atom. The number of furan rings is 1. The van der Waals surface area contributed by atoms with E-state index in [9.17, 15) is 0 Å². The first-order valence-corrected chi connectivity index (χ1v) is 11.0. The van der Waals surface area contributed by atoms with E-state index in [-0.39, 0.29) is 0 Å². The van der Waals surface area contributed by atoms with Crippen LogP contribution in [0.4, 0.5) is 0 Å². The molecule has 0 aliphatic heterocycles. The van der Waals surface area contributed by atoms with Gasteiger partial charge in [0.2, 0.25) is 5.71 Å². The Labute approximate surface area is 194 Å². The quantitative estimate of drug-likeness (QED) is 0.317. The highest BCUT2D eigenvalue weighted by atomic mass is 16.3. The molecular weight excluding hydrogens is 422 g/mol. The van der Waals surface area contributed by atoms with Crippen molar-refractivity contribution in [3.8, 4) is 28.5 Å². The predicted molar refractivity (Wildman–Crippen MR) is 133 cm³/mol. The van der Waals surface area contributed by atoms with Crippen molar-refractivity contribution in [3.05, 3.63) is 104 Å². The minimum absolute atomic E-state index is 0.750. The highest BCUT2D eigenvalue weighted by Crippen LogP contribution is 2.38. The lowest BCUT2D eigenvalue weighted by Gasteiger charge is -2.11. The van der Waals surface area contributed by atoms with Crippen molar-refractivity contribution in [2.45, 2.75) is 0 Å². The lowest BCUT2D eigenvalue weighted by atomic mass is 10.1. The Balaban J connectivity index is 1.59. The molecule has 0 radical (unpaired) electrons. The summed E-state index contributed by atoms with van der Waals surface area (Å²) in [5.41, 5.74) is 7.45. The summed E-state index contributed by atoms with van der Waals surface area (Å²) >= 11 is 0. The van der Waals surface area contributed by atoms with Crippen molar-refractivity contribution in [2.24, 2.45) is 0 Å². The van der Waals surface area contributed by atoms with E-state index in [0.29, 0.717) is 0 Å². The second-order valence-electron chi connectivity index (χ2n) is 8.01. The topological polar surface area (TPSA) is 69.6 Å². The van der Waals surface area contributed by atoms with Crippen LogP contribution in [0, 0.1) is 0 Å². The summed E-state index contributed by atoms with van der Waals surface area (Å²) < 4.78 is 8.49. The number of nitrogens with zero attached hydrogens (tertiary/aromatic N) is 5. The summed E-state index contributed by atoms with van der Waals surface area (Å²) in [5.74, 6) is 0. The molecule has 6 heterocycles. The highest BCUT2D eigenvalue weighted by Gasteiger charge is 2.21. The Morgan fingerprint density at radius 1 is 0.618 bits per heavy atom. The van der Waals surface area contributed by atoms with Crippen molar-refractivity contribution < 1.29 is 4.42 Å². The molecule has 6 aromatic heterocycles. The number of pyridine rings is 4. The second-order valence-corrected chi connectivity index (χ2v) is 8.01. The minimum Gasteiger partial charge on any atom is -0.439 e. The predicted octanol–water partition coefficient (Wildman–Crippen LogP) is 6.44. The number of fused-ring (bicyclic) bond motifs is 5. The Kier molecular flexibility index (Phi) is 4.04. The number of benzene rings is 1. The molecule has 6 heteroatoms. The summed E-state index contributed by atoms with van der Waals surface area (Å²) in [5, 5.41) is 2.05. The normalized spacial score (nSPS) is 11.5.